The third-order valence-electron chi connectivity index (χ3n) is 7.45. The number of ether oxygens (including phenoxy) is 2. The van der Waals surface area contributed by atoms with E-state index in [-0.39, 0.29) is 5.91 Å². The Labute approximate surface area is 221 Å². The van der Waals surface area contributed by atoms with Gasteiger partial charge in [0.05, 0.1) is 12.5 Å². The second-order valence-electron chi connectivity index (χ2n) is 9.93. The van der Waals surface area contributed by atoms with Gasteiger partial charge in [0.15, 0.2) is 0 Å². The number of benzene rings is 3. The maximum Gasteiger partial charge on any atom is 0.226 e. The summed E-state index contributed by atoms with van der Waals surface area (Å²) >= 11 is 0. The average molecular weight is 501 g/mol. The van der Waals surface area contributed by atoms with E-state index < -0.39 is 5.41 Å². The van der Waals surface area contributed by atoms with Crippen molar-refractivity contribution in [2.45, 2.75) is 39.2 Å². The van der Waals surface area contributed by atoms with E-state index in [1.54, 1.807) is 7.11 Å². The first-order valence-corrected chi connectivity index (χ1v) is 13.5. The molecule has 0 bridgehead atoms. The Bertz CT molecular complexity index is 1130. The lowest BCUT2D eigenvalue weighted by molar-refractivity contribution is -0.136. The number of methoxy groups -OCH3 is 1. The third kappa shape index (κ3) is 7.21. The SMILES string of the molecule is CCN(CCCNC(=O)C1(Cc2cccc(-c3ccccc3OC)c2)CCOCC1)Cc1ccccc1. The zero-order chi connectivity index (χ0) is 25.9. The molecule has 3 aromatic carbocycles. The van der Waals surface area contributed by atoms with Crippen molar-refractivity contribution in [2.75, 3.05) is 40.0 Å². The molecule has 196 valence electrons. The highest BCUT2D eigenvalue weighted by molar-refractivity contribution is 5.83. The molecule has 3 aromatic rings. The highest BCUT2D eigenvalue weighted by Crippen LogP contribution is 2.36. The smallest absolute Gasteiger partial charge is 0.226 e. The highest BCUT2D eigenvalue weighted by atomic mass is 16.5. The van der Waals surface area contributed by atoms with E-state index >= 15 is 0 Å². The molecule has 1 N–H and O–H groups in total. The van der Waals surface area contributed by atoms with Gasteiger partial charge in [-0.15, -0.1) is 0 Å². The summed E-state index contributed by atoms with van der Waals surface area (Å²) in [6, 6.07) is 27.1. The van der Waals surface area contributed by atoms with Crippen LogP contribution in [0.25, 0.3) is 11.1 Å². The number of para-hydroxylation sites is 1. The van der Waals surface area contributed by atoms with Crippen LogP contribution in [0, 0.1) is 5.41 Å². The van der Waals surface area contributed by atoms with Crippen LogP contribution in [0.1, 0.15) is 37.3 Å². The van der Waals surface area contributed by atoms with Gasteiger partial charge in [-0.25, -0.2) is 0 Å². The Morgan fingerprint density at radius 2 is 1.70 bits per heavy atom. The van der Waals surface area contributed by atoms with Crippen LogP contribution in [0.15, 0.2) is 78.9 Å². The van der Waals surface area contributed by atoms with Crippen LogP contribution >= 0.6 is 0 Å². The number of hydrogen-bond acceptors (Lipinski definition) is 4. The number of carbonyl (C=O) groups is 1. The Hall–Kier alpha value is -3.15. The fraction of sp³-hybridized carbons (Fsp3) is 0.406. The van der Waals surface area contributed by atoms with Crippen molar-refractivity contribution in [3.05, 3.63) is 90.0 Å². The molecule has 0 aromatic heterocycles. The standard InChI is InChI=1S/C32H40N2O3/c1-3-34(25-26-11-5-4-6-12-26)20-10-19-33-31(35)32(17-21-37-22-18-32)24-27-13-9-14-28(23-27)29-15-7-8-16-30(29)36-2/h4-9,11-16,23H,3,10,17-22,24-25H2,1-2H3,(H,33,35). The molecule has 1 aliphatic heterocycles. The number of hydrogen-bond donors (Lipinski definition) is 1. The molecule has 1 aliphatic rings. The van der Waals surface area contributed by atoms with Gasteiger partial charge < -0.3 is 14.8 Å². The van der Waals surface area contributed by atoms with Crippen LogP contribution in [-0.4, -0.2) is 50.8 Å². The summed E-state index contributed by atoms with van der Waals surface area (Å²) in [6.45, 7) is 7.02. The number of rotatable bonds is 12. The first-order chi connectivity index (χ1) is 18.1. The number of carbonyl (C=O) groups excluding carboxylic acids is 1. The second kappa shape index (κ2) is 13.4. The predicted octanol–water partition coefficient (Wildman–Crippen LogP) is 5.73. The lowest BCUT2D eigenvalue weighted by Gasteiger charge is -2.36. The van der Waals surface area contributed by atoms with E-state index in [2.05, 4.69) is 77.8 Å². The Balaban J connectivity index is 1.38. The minimum atomic E-state index is -0.438. The molecule has 1 saturated heterocycles. The monoisotopic (exact) mass is 500 g/mol. The number of nitrogens with zero attached hydrogens (tertiary/aromatic N) is 1. The quantitative estimate of drug-likeness (QED) is 0.323. The van der Waals surface area contributed by atoms with Gasteiger partial charge in [0.1, 0.15) is 5.75 Å². The zero-order valence-corrected chi connectivity index (χ0v) is 22.2. The zero-order valence-electron chi connectivity index (χ0n) is 22.2. The number of nitrogens with one attached hydrogen (secondary N) is 1. The number of amides is 1. The maximum absolute atomic E-state index is 13.6. The van der Waals surface area contributed by atoms with Gasteiger partial charge >= 0.3 is 0 Å². The van der Waals surface area contributed by atoms with E-state index in [0.29, 0.717) is 26.2 Å². The molecule has 37 heavy (non-hydrogen) atoms. The fourth-order valence-corrected chi connectivity index (χ4v) is 5.25. The van der Waals surface area contributed by atoms with Crippen LogP contribution in [0.3, 0.4) is 0 Å². The summed E-state index contributed by atoms with van der Waals surface area (Å²) < 4.78 is 11.2. The minimum absolute atomic E-state index is 0.157. The molecule has 0 radical (unpaired) electrons. The topological polar surface area (TPSA) is 50.8 Å². The van der Waals surface area contributed by atoms with Crippen molar-refractivity contribution < 1.29 is 14.3 Å². The molecule has 0 spiro atoms. The third-order valence-corrected chi connectivity index (χ3v) is 7.45. The molecule has 1 amide bonds. The van der Waals surface area contributed by atoms with Crippen LogP contribution in [0.5, 0.6) is 5.75 Å². The maximum atomic E-state index is 13.6. The van der Waals surface area contributed by atoms with Crippen molar-refractivity contribution in [3.63, 3.8) is 0 Å². The van der Waals surface area contributed by atoms with Crippen LogP contribution in [0.2, 0.25) is 0 Å². The summed E-state index contributed by atoms with van der Waals surface area (Å²) in [5.74, 6) is 1.01. The van der Waals surface area contributed by atoms with Crippen molar-refractivity contribution in [2.24, 2.45) is 5.41 Å². The summed E-state index contributed by atoms with van der Waals surface area (Å²) in [5.41, 5.74) is 4.22. The summed E-state index contributed by atoms with van der Waals surface area (Å²) in [4.78, 5) is 16.0. The largest absolute Gasteiger partial charge is 0.496 e. The normalized spacial score (nSPS) is 14.9. The minimum Gasteiger partial charge on any atom is -0.496 e. The predicted molar refractivity (Wildman–Crippen MR) is 150 cm³/mol. The molecule has 0 unspecified atom stereocenters. The Kier molecular flexibility index (Phi) is 9.75. The van der Waals surface area contributed by atoms with E-state index in [1.165, 1.54) is 11.1 Å². The van der Waals surface area contributed by atoms with Gasteiger partial charge in [0.25, 0.3) is 0 Å². The molecule has 4 rings (SSSR count). The molecule has 0 aliphatic carbocycles. The molecule has 0 atom stereocenters. The van der Waals surface area contributed by atoms with Crippen LogP contribution in [-0.2, 0) is 22.5 Å². The van der Waals surface area contributed by atoms with Crippen molar-refractivity contribution >= 4 is 5.91 Å². The fourth-order valence-electron chi connectivity index (χ4n) is 5.25. The van der Waals surface area contributed by atoms with Crippen LogP contribution < -0.4 is 10.1 Å². The van der Waals surface area contributed by atoms with Gasteiger partial charge in [0.2, 0.25) is 5.91 Å². The molecular formula is C32H40N2O3. The van der Waals surface area contributed by atoms with Gasteiger partial charge in [0, 0.05) is 38.4 Å². The van der Waals surface area contributed by atoms with Crippen LogP contribution in [0.4, 0.5) is 0 Å². The summed E-state index contributed by atoms with van der Waals surface area (Å²) in [5, 5.41) is 3.28. The van der Waals surface area contributed by atoms with Gasteiger partial charge in [-0.3, -0.25) is 9.69 Å². The van der Waals surface area contributed by atoms with E-state index in [1.807, 2.05) is 18.2 Å². The summed E-state index contributed by atoms with van der Waals surface area (Å²) in [7, 11) is 1.70. The molecular weight excluding hydrogens is 460 g/mol. The van der Waals surface area contributed by atoms with Gasteiger partial charge in [-0.05, 0) is 55.0 Å². The first kappa shape index (κ1) is 26.9. The molecule has 1 fully saturated rings. The second-order valence-corrected chi connectivity index (χ2v) is 9.93. The molecule has 1 heterocycles. The van der Waals surface area contributed by atoms with Crippen molar-refractivity contribution in [3.8, 4) is 16.9 Å². The lowest BCUT2D eigenvalue weighted by atomic mass is 9.74. The van der Waals surface area contributed by atoms with Gasteiger partial charge in [-0.2, -0.15) is 0 Å². The molecule has 0 saturated carbocycles. The van der Waals surface area contributed by atoms with Gasteiger partial charge in [-0.1, -0.05) is 79.7 Å². The Morgan fingerprint density at radius 1 is 0.973 bits per heavy atom. The molecule has 5 heteroatoms. The average Bonchev–Trinajstić information content (AvgIpc) is 2.95. The highest BCUT2D eigenvalue weighted by Gasteiger charge is 2.40. The Morgan fingerprint density at radius 3 is 2.46 bits per heavy atom. The van der Waals surface area contributed by atoms with Crippen molar-refractivity contribution in [1.29, 1.82) is 0 Å². The first-order valence-electron chi connectivity index (χ1n) is 13.5. The van der Waals surface area contributed by atoms with E-state index in [9.17, 15) is 4.79 Å². The lowest BCUT2D eigenvalue weighted by Crippen LogP contribution is -2.46. The van der Waals surface area contributed by atoms with E-state index in [0.717, 1.165) is 55.8 Å². The summed E-state index contributed by atoms with van der Waals surface area (Å²) in [6.07, 6.45) is 3.13. The van der Waals surface area contributed by atoms with Crippen molar-refractivity contribution in [1.82, 2.24) is 10.2 Å². The van der Waals surface area contributed by atoms with E-state index in [4.69, 9.17) is 9.47 Å². The molecule has 5 nitrogen and oxygen atoms in total.